The van der Waals surface area contributed by atoms with Crippen molar-refractivity contribution in [2.24, 2.45) is 5.92 Å². The summed E-state index contributed by atoms with van der Waals surface area (Å²) >= 11 is 1.62. The van der Waals surface area contributed by atoms with Gasteiger partial charge in [-0.2, -0.15) is 0 Å². The van der Waals surface area contributed by atoms with Gasteiger partial charge in [0, 0.05) is 17.0 Å². The number of benzene rings is 1. The molecule has 1 aliphatic carbocycles. The lowest BCUT2D eigenvalue weighted by molar-refractivity contribution is -0.161. The van der Waals surface area contributed by atoms with Crippen molar-refractivity contribution < 1.29 is 24.3 Å². The standard InChI is InChI=1S/C28H33N3O5S/c1-17(2)15-20(29-25(33)19-8-6-18(7-9-19)23-5-3-14-37-23)26(34)30-13-10-21-24(30)22(32)16-31(21)27(35)28(36)11-4-12-28/h3,5-9,14,17,20-21,24,36H,4,10-13,15-16H2,1-2H3,(H,29,33). The lowest BCUT2D eigenvalue weighted by Crippen LogP contribution is -2.55. The summed E-state index contributed by atoms with van der Waals surface area (Å²) < 4.78 is 0. The number of rotatable bonds is 7. The molecule has 3 aliphatic rings. The van der Waals surface area contributed by atoms with Crippen LogP contribution in [0.25, 0.3) is 10.4 Å². The Kier molecular flexibility index (Phi) is 6.93. The van der Waals surface area contributed by atoms with Crippen molar-refractivity contribution >= 4 is 34.8 Å². The quantitative estimate of drug-likeness (QED) is 0.581. The summed E-state index contributed by atoms with van der Waals surface area (Å²) in [6.07, 6.45) is 2.52. The van der Waals surface area contributed by atoms with Crippen LogP contribution in [0.1, 0.15) is 56.3 Å². The van der Waals surface area contributed by atoms with Gasteiger partial charge in [0.25, 0.3) is 11.8 Å². The van der Waals surface area contributed by atoms with E-state index in [1.165, 1.54) is 9.80 Å². The molecule has 3 fully saturated rings. The molecule has 3 amide bonds. The number of thiophene rings is 1. The van der Waals surface area contributed by atoms with Gasteiger partial charge < -0.3 is 20.2 Å². The summed E-state index contributed by atoms with van der Waals surface area (Å²) in [4.78, 5) is 56.9. The van der Waals surface area contributed by atoms with Gasteiger partial charge in [-0.3, -0.25) is 19.2 Å². The Labute approximate surface area is 220 Å². The molecule has 3 unspecified atom stereocenters. The van der Waals surface area contributed by atoms with Crippen LogP contribution in [0.5, 0.6) is 0 Å². The molecular formula is C28H33N3O5S. The second-order valence-electron chi connectivity index (χ2n) is 10.8. The van der Waals surface area contributed by atoms with Crippen LogP contribution in [0.4, 0.5) is 0 Å². The largest absolute Gasteiger partial charge is 0.380 e. The number of ketones is 1. The number of nitrogens with one attached hydrogen (secondary N) is 1. The van der Waals surface area contributed by atoms with E-state index < -0.39 is 29.6 Å². The SMILES string of the molecule is CC(C)CC(NC(=O)c1ccc(-c2cccs2)cc1)C(=O)N1CCC2C1C(=O)CN2C(=O)C1(O)CCC1. The topological polar surface area (TPSA) is 107 Å². The van der Waals surface area contributed by atoms with Crippen LogP contribution in [-0.4, -0.2) is 75.2 Å². The van der Waals surface area contributed by atoms with Crippen molar-refractivity contribution in [3.63, 3.8) is 0 Å². The predicted molar refractivity (Wildman–Crippen MR) is 140 cm³/mol. The molecule has 1 saturated carbocycles. The number of fused-ring (bicyclic) bond motifs is 1. The molecule has 3 atom stereocenters. The van der Waals surface area contributed by atoms with Crippen molar-refractivity contribution in [3.8, 4) is 10.4 Å². The molecule has 9 heteroatoms. The Morgan fingerprint density at radius 2 is 1.86 bits per heavy atom. The summed E-state index contributed by atoms with van der Waals surface area (Å²) in [5, 5.41) is 15.5. The van der Waals surface area contributed by atoms with E-state index in [1.54, 1.807) is 23.5 Å². The summed E-state index contributed by atoms with van der Waals surface area (Å²) in [6, 6.07) is 9.36. The third-order valence-corrected chi connectivity index (χ3v) is 8.73. The maximum atomic E-state index is 13.7. The minimum Gasteiger partial charge on any atom is -0.380 e. The third kappa shape index (κ3) is 4.82. The van der Waals surface area contributed by atoms with Crippen LogP contribution in [0.2, 0.25) is 0 Å². The lowest BCUT2D eigenvalue weighted by Gasteiger charge is -2.39. The summed E-state index contributed by atoms with van der Waals surface area (Å²) in [5.41, 5.74) is 0.110. The van der Waals surface area contributed by atoms with Gasteiger partial charge in [-0.1, -0.05) is 32.0 Å². The summed E-state index contributed by atoms with van der Waals surface area (Å²) in [7, 11) is 0. The number of amides is 3. The number of carbonyl (C=O) groups is 4. The van der Waals surface area contributed by atoms with Gasteiger partial charge >= 0.3 is 0 Å². The highest BCUT2D eigenvalue weighted by Crippen LogP contribution is 2.38. The minimum atomic E-state index is -1.38. The van der Waals surface area contributed by atoms with Gasteiger partial charge in [-0.05, 0) is 67.2 Å². The second-order valence-corrected chi connectivity index (χ2v) is 11.8. The van der Waals surface area contributed by atoms with E-state index in [4.69, 9.17) is 0 Å². The van der Waals surface area contributed by atoms with Crippen molar-refractivity contribution in [1.29, 1.82) is 0 Å². The number of nitrogens with zero attached hydrogens (tertiary/aromatic N) is 2. The Bertz CT molecular complexity index is 1190. The highest BCUT2D eigenvalue weighted by atomic mass is 32.1. The molecule has 37 heavy (non-hydrogen) atoms. The zero-order valence-electron chi connectivity index (χ0n) is 21.2. The molecule has 2 aliphatic heterocycles. The van der Waals surface area contributed by atoms with Crippen LogP contribution >= 0.6 is 11.3 Å². The molecule has 5 rings (SSSR count). The molecule has 1 aromatic heterocycles. The van der Waals surface area contributed by atoms with E-state index in [2.05, 4.69) is 5.32 Å². The van der Waals surface area contributed by atoms with Crippen LogP contribution in [0.15, 0.2) is 41.8 Å². The smallest absolute Gasteiger partial charge is 0.255 e. The third-order valence-electron chi connectivity index (χ3n) is 7.81. The van der Waals surface area contributed by atoms with Crippen LogP contribution in [-0.2, 0) is 14.4 Å². The van der Waals surface area contributed by atoms with Crippen LogP contribution in [0.3, 0.4) is 0 Å². The van der Waals surface area contributed by atoms with E-state index in [9.17, 15) is 24.3 Å². The Morgan fingerprint density at radius 3 is 2.46 bits per heavy atom. The van der Waals surface area contributed by atoms with Gasteiger partial charge in [0.15, 0.2) is 5.78 Å². The number of aliphatic hydroxyl groups is 1. The fourth-order valence-corrected chi connectivity index (χ4v) is 6.43. The van der Waals surface area contributed by atoms with Gasteiger partial charge in [0.1, 0.15) is 17.7 Å². The molecular weight excluding hydrogens is 490 g/mol. The van der Waals surface area contributed by atoms with E-state index in [0.29, 0.717) is 37.8 Å². The fourth-order valence-electron chi connectivity index (χ4n) is 5.70. The first-order valence-corrected chi connectivity index (χ1v) is 13.9. The first kappa shape index (κ1) is 25.6. The highest BCUT2D eigenvalue weighted by molar-refractivity contribution is 7.13. The van der Waals surface area contributed by atoms with Crippen molar-refractivity contribution in [2.75, 3.05) is 13.1 Å². The van der Waals surface area contributed by atoms with E-state index >= 15 is 0 Å². The Morgan fingerprint density at radius 1 is 1.14 bits per heavy atom. The number of hydrogen-bond donors (Lipinski definition) is 2. The average molecular weight is 524 g/mol. The fraction of sp³-hybridized carbons (Fsp3) is 0.500. The molecule has 0 bridgehead atoms. The van der Waals surface area contributed by atoms with Crippen molar-refractivity contribution in [2.45, 2.75) is 69.7 Å². The Hall–Kier alpha value is -3.04. The summed E-state index contributed by atoms with van der Waals surface area (Å²) in [5.74, 6) is -1.08. The number of Topliss-reactive ketones (excluding diaryl/α,β-unsaturated/α-hetero) is 1. The van der Waals surface area contributed by atoms with Crippen molar-refractivity contribution in [1.82, 2.24) is 15.1 Å². The molecule has 8 nitrogen and oxygen atoms in total. The van der Waals surface area contributed by atoms with Gasteiger partial charge in [0.05, 0.1) is 12.6 Å². The minimum absolute atomic E-state index is 0.0853. The maximum Gasteiger partial charge on any atom is 0.255 e. The average Bonchev–Trinajstić information content (AvgIpc) is 3.60. The zero-order chi connectivity index (χ0) is 26.3. The monoisotopic (exact) mass is 523 g/mol. The van der Waals surface area contributed by atoms with Crippen LogP contribution < -0.4 is 5.32 Å². The van der Waals surface area contributed by atoms with Crippen molar-refractivity contribution in [3.05, 3.63) is 47.3 Å². The first-order chi connectivity index (χ1) is 17.7. The maximum absolute atomic E-state index is 13.7. The summed E-state index contributed by atoms with van der Waals surface area (Å²) in [6.45, 7) is 4.21. The van der Waals surface area contributed by atoms with E-state index in [-0.39, 0.29) is 30.1 Å². The first-order valence-electron chi connectivity index (χ1n) is 13.0. The molecule has 196 valence electrons. The number of carbonyl (C=O) groups excluding carboxylic acids is 4. The van der Waals surface area contributed by atoms with E-state index in [0.717, 1.165) is 16.9 Å². The zero-order valence-corrected chi connectivity index (χ0v) is 22.0. The van der Waals surface area contributed by atoms with Crippen LogP contribution in [0, 0.1) is 5.92 Å². The molecule has 2 saturated heterocycles. The number of likely N-dealkylation sites (tertiary alicyclic amines) is 2. The molecule has 3 heterocycles. The lowest BCUT2D eigenvalue weighted by atomic mass is 9.79. The van der Waals surface area contributed by atoms with Gasteiger partial charge in [-0.15, -0.1) is 11.3 Å². The molecule has 0 radical (unpaired) electrons. The van der Waals surface area contributed by atoms with E-state index in [1.807, 2.05) is 43.5 Å². The number of hydrogen-bond acceptors (Lipinski definition) is 6. The molecule has 2 N–H and O–H groups in total. The normalized spacial score (nSPS) is 23.1. The highest BCUT2D eigenvalue weighted by Gasteiger charge is 2.56. The van der Waals surface area contributed by atoms with Gasteiger partial charge in [-0.25, -0.2) is 0 Å². The predicted octanol–water partition coefficient (Wildman–Crippen LogP) is 2.86. The van der Waals surface area contributed by atoms with Gasteiger partial charge in [0.2, 0.25) is 5.91 Å². The molecule has 1 aromatic carbocycles. The second kappa shape index (κ2) is 10.0. The molecule has 2 aromatic rings. The molecule has 0 spiro atoms. The Balaban J connectivity index is 1.29.